The molecule has 2 aliphatic heterocycles. The Balaban J connectivity index is 1.56. The molecule has 0 unspecified atom stereocenters. The highest BCUT2D eigenvalue weighted by atomic mass is 32.1. The van der Waals surface area contributed by atoms with Crippen LogP contribution >= 0.6 is 12.2 Å². The molecule has 1 aromatic carbocycles. The van der Waals surface area contributed by atoms with Gasteiger partial charge in [0.2, 0.25) is 5.91 Å². The fraction of sp³-hybridized carbons (Fsp3) is 0.579. The van der Waals surface area contributed by atoms with E-state index >= 15 is 0 Å². The second kappa shape index (κ2) is 7.39. The van der Waals surface area contributed by atoms with Gasteiger partial charge >= 0.3 is 0 Å². The number of amides is 1. The van der Waals surface area contributed by atoms with Crippen LogP contribution in [0, 0.1) is 5.82 Å². The lowest BCUT2D eigenvalue weighted by molar-refractivity contribution is -0.132. The second-order valence-electron chi connectivity index (χ2n) is 7.81. The van der Waals surface area contributed by atoms with E-state index in [4.69, 9.17) is 12.2 Å². The van der Waals surface area contributed by atoms with Gasteiger partial charge in [0.25, 0.3) is 0 Å². The highest BCUT2D eigenvalue weighted by Crippen LogP contribution is 2.23. The molecule has 0 saturated carbocycles. The number of nitrogens with zero attached hydrogens (tertiary/aromatic N) is 3. The van der Waals surface area contributed by atoms with Crippen LogP contribution in [0.5, 0.6) is 0 Å². The van der Waals surface area contributed by atoms with Crippen LogP contribution in [0.15, 0.2) is 24.3 Å². The normalized spacial score (nSPS) is 23.0. The minimum atomic E-state index is -0.214. The quantitative estimate of drug-likeness (QED) is 0.817. The number of halogens is 1. The molecule has 1 aromatic rings. The minimum absolute atomic E-state index is 0.0402. The summed E-state index contributed by atoms with van der Waals surface area (Å²) in [6, 6.07) is 7.01. The van der Waals surface area contributed by atoms with Crippen LogP contribution in [0.25, 0.3) is 0 Å². The Kier molecular flexibility index (Phi) is 5.37. The maximum atomic E-state index is 13.9. The molecule has 2 saturated heterocycles. The molecule has 0 spiro atoms. The van der Waals surface area contributed by atoms with Crippen LogP contribution in [0.1, 0.15) is 27.2 Å². The number of carbonyl (C=O) groups is 1. The van der Waals surface area contributed by atoms with Crippen molar-refractivity contribution >= 4 is 28.9 Å². The number of rotatable bonds is 3. The zero-order valence-corrected chi connectivity index (χ0v) is 16.5. The Morgan fingerprint density at radius 3 is 2.54 bits per heavy atom. The number of para-hydroxylation sites is 1. The summed E-state index contributed by atoms with van der Waals surface area (Å²) in [6.07, 6.45) is 0.932. The van der Waals surface area contributed by atoms with E-state index in [-0.39, 0.29) is 23.3 Å². The highest BCUT2D eigenvalue weighted by molar-refractivity contribution is 7.80. The molecule has 26 heavy (non-hydrogen) atoms. The van der Waals surface area contributed by atoms with Crippen molar-refractivity contribution < 1.29 is 9.18 Å². The Labute approximate surface area is 160 Å². The molecule has 1 atom stereocenters. The van der Waals surface area contributed by atoms with Gasteiger partial charge < -0.3 is 20.0 Å². The molecule has 2 aliphatic rings. The molecule has 3 rings (SSSR count). The molecular weight excluding hydrogens is 351 g/mol. The number of hydrogen-bond donors (Lipinski definition) is 1. The topological polar surface area (TPSA) is 38.8 Å². The lowest BCUT2D eigenvalue weighted by Crippen LogP contribution is -2.62. The third kappa shape index (κ3) is 4.09. The SMILES string of the molecule is C[C@@H]1CC(C)(C)NC(=S)N1CC(=O)N1CCN(c2ccccc2F)CC1. The number of anilines is 1. The highest BCUT2D eigenvalue weighted by Gasteiger charge is 2.35. The molecule has 2 heterocycles. The number of thiocarbonyl (C=S) groups is 1. The summed E-state index contributed by atoms with van der Waals surface area (Å²) in [6.45, 7) is 9.12. The van der Waals surface area contributed by atoms with Crippen LogP contribution in [0.2, 0.25) is 0 Å². The van der Waals surface area contributed by atoms with Crippen molar-refractivity contribution in [3.63, 3.8) is 0 Å². The van der Waals surface area contributed by atoms with Gasteiger partial charge in [-0.15, -0.1) is 0 Å². The number of hydrogen-bond acceptors (Lipinski definition) is 3. The summed E-state index contributed by atoms with van der Waals surface area (Å²) in [4.78, 5) is 18.6. The van der Waals surface area contributed by atoms with Gasteiger partial charge in [-0.3, -0.25) is 4.79 Å². The summed E-state index contributed by atoms with van der Waals surface area (Å²) in [7, 11) is 0. The molecule has 1 N–H and O–H groups in total. The van der Waals surface area contributed by atoms with Crippen molar-refractivity contribution in [2.24, 2.45) is 0 Å². The average Bonchev–Trinajstić information content (AvgIpc) is 2.58. The van der Waals surface area contributed by atoms with Crippen molar-refractivity contribution in [3.8, 4) is 0 Å². The molecular formula is C19H27FN4OS. The first-order chi connectivity index (χ1) is 12.3. The Bertz CT molecular complexity index is 688. The predicted molar refractivity (Wildman–Crippen MR) is 106 cm³/mol. The largest absolute Gasteiger partial charge is 0.366 e. The molecule has 2 fully saturated rings. The van der Waals surface area contributed by atoms with Crippen molar-refractivity contribution in [2.45, 2.75) is 38.8 Å². The summed E-state index contributed by atoms with van der Waals surface area (Å²) in [5, 5.41) is 3.96. The molecule has 1 amide bonds. The van der Waals surface area contributed by atoms with Crippen LogP contribution in [0.3, 0.4) is 0 Å². The first kappa shape index (κ1) is 18.9. The predicted octanol–water partition coefficient (Wildman–Crippen LogP) is 2.22. The zero-order valence-electron chi connectivity index (χ0n) is 15.7. The van der Waals surface area contributed by atoms with E-state index in [2.05, 4.69) is 26.1 Å². The minimum Gasteiger partial charge on any atom is -0.366 e. The van der Waals surface area contributed by atoms with Gasteiger partial charge in [-0.1, -0.05) is 12.1 Å². The van der Waals surface area contributed by atoms with E-state index in [0.29, 0.717) is 43.5 Å². The van der Waals surface area contributed by atoms with E-state index in [0.717, 1.165) is 6.42 Å². The van der Waals surface area contributed by atoms with Crippen molar-refractivity contribution in [1.29, 1.82) is 0 Å². The van der Waals surface area contributed by atoms with E-state index in [9.17, 15) is 9.18 Å². The van der Waals surface area contributed by atoms with Crippen molar-refractivity contribution in [3.05, 3.63) is 30.1 Å². The summed E-state index contributed by atoms with van der Waals surface area (Å²) in [5.74, 6) is -0.137. The molecule has 0 radical (unpaired) electrons. The van der Waals surface area contributed by atoms with E-state index < -0.39 is 0 Å². The lowest BCUT2D eigenvalue weighted by atomic mass is 9.93. The lowest BCUT2D eigenvalue weighted by Gasteiger charge is -2.45. The van der Waals surface area contributed by atoms with Crippen molar-refractivity contribution in [1.82, 2.24) is 15.1 Å². The Hall–Kier alpha value is -1.89. The van der Waals surface area contributed by atoms with Gasteiger partial charge in [-0.2, -0.15) is 0 Å². The van der Waals surface area contributed by atoms with E-state index in [1.54, 1.807) is 12.1 Å². The van der Waals surface area contributed by atoms with Crippen LogP contribution in [-0.4, -0.2) is 65.1 Å². The van der Waals surface area contributed by atoms with Gasteiger partial charge in [0.05, 0.1) is 12.2 Å². The molecule has 0 aromatic heterocycles. The third-order valence-corrected chi connectivity index (χ3v) is 5.51. The molecule has 7 heteroatoms. The average molecular weight is 379 g/mol. The van der Waals surface area contributed by atoms with Crippen LogP contribution in [-0.2, 0) is 4.79 Å². The van der Waals surface area contributed by atoms with Crippen molar-refractivity contribution in [2.75, 3.05) is 37.6 Å². The first-order valence-corrected chi connectivity index (χ1v) is 9.54. The van der Waals surface area contributed by atoms with Gasteiger partial charge in [-0.05, 0) is 51.5 Å². The smallest absolute Gasteiger partial charge is 0.242 e. The summed E-state index contributed by atoms with van der Waals surface area (Å²) in [5.41, 5.74) is 0.568. The standard InChI is InChI=1S/C19H27FN4OS/c1-14-12-19(2,3)21-18(26)24(14)13-17(25)23-10-8-22(9-11-23)16-7-5-4-6-15(16)20/h4-7,14H,8-13H2,1-3H3,(H,21,26)/t14-/m1/s1. The fourth-order valence-electron chi connectivity index (χ4n) is 3.84. The van der Waals surface area contributed by atoms with Gasteiger partial charge in [0.1, 0.15) is 5.82 Å². The van der Waals surface area contributed by atoms with Crippen LogP contribution in [0.4, 0.5) is 10.1 Å². The Morgan fingerprint density at radius 2 is 1.92 bits per heavy atom. The number of piperazine rings is 1. The monoisotopic (exact) mass is 378 g/mol. The summed E-state index contributed by atoms with van der Waals surface area (Å²) < 4.78 is 13.9. The van der Waals surface area contributed by atoms with Gasteiger partial charge in [0, 0.05) is 37.8 Å². The third-order valence-electron chi connectivity index (χ3n) is 5.18. The molecule has 142 valence electrons. The Morgan fingerprint density at radius 1 is 1.27 bits per heavy atom. The zero-order chi connectivity index (χ0) is 18.9. The number of carbonyl (C=O) groups excluding carboxylic acids is 1. The number of benzene rings is 1. The fourth-order valence-corrected chi connectivity index (χ4v) is 4.36. The molecule has 0 bridgehead atoms. The maximum absolute atomic E-state index is 13.9. The molecule has 5 nitrogen and oxygen atoms in total. The van der Waals surface area contributed by atoms with Crippen LogP contribution < -0.4 is 10.2 Å². The number of nitrogens with one attached hydrogen (secondary N) is 1. The summed E-state index contributed by atoms with van der Waals surface area (Å²) >= 11 is 5.46. The second-order valence-corrected chi connectivity index (χ2v) is 8.20. The maximum Gasteiger partial charge on any atom is 0.242 e. The van der Waals surface area contributed by atoms with Gasteiger partial charge in [-0.25, -0.2) is 4.39 Å². The van der Waals surface area contributed by atoms with Gasteiger partial charge in [0.15, 0.2) is 5.11 Å². The molecule has 0 aliphatic carbocycles. The van der Waals surface area contributed by atoms with E-state index in [1.807, 2.05) is 20.8 Å². The van der Waals surface area contributed by atoms with E-state index in [1.165, 1.54) is 6.07 Å². The first-order valence-electron chi connectivity index (χ1n) is 9.13.